The van der Waals surface area contributed by atoms with Crippen LogP contribution >= 0.6 is 11.3 Å². The lowest BCUT2D eigenvalue weighted by molar-refractivity contribution is -0.659. The molecule has 3 heterocycles. The largest absolute Gasteiger partial charge is 0.308 e. The van der Waals surface area contributed by atoms with E-state index in [1.165, 1.54) is 75.3 Å². The quantitative estimate of drug-likeness (QED) is 0.207. The fraction of sp³-hybridized carbons (Fsp3) is 0.0571. The number of thiophene rings is 1. The first-order chi connectivity index (χ1) is 18.7. The van der Waals surface area contributed by atoms with E-state index in [0.29, 0.717) is 0 Å². The summed E-state index contributed by atoms with van der Waals surface area (Å²) in [5.74, 6) is 0. The minimum Gasteiger partial charge on any atom is -0.308 e. The summed E-state index contributed by atoms with van der Waals surface area (Å²) in [5, 5.41) is 7.77. The van der Waals surface area contributed by atoms with Crippen LogP contribution in [0.3, 0.4) is 0 Å². The van der Waals surface area contributed by atoms with Gasteiger partial charge in [0.25, 0.3) is 0 Å². The predicted octanol–water partition coefficient (Wildman–Crippen LogP) is 9.10. The van der Waals surface area contributed by atoms with E-state index in [1.54, 1.807) is 0 Å². The maximum atomic E-state index is 2.45. The molecule has 0 aliphatic carbocycles. The zero-order valence-corrected chi connectivity index (χ0v) is 22.1. The number of hydrogen-bond acceptors (Lipinski definition) is 1. The molecule has 0 bridgehead atoms. The number of aryl methyl sites for hydroxylation is 2. The summed E-state index contributed by atoms with van der Waals surface area (Å²) in [7, 11) is 2.17. The molecule has 0 radical (unpaired) electrons. The summed E-state index contributed by atoms with van der Waals surface area (Å²) < 4.78 is 7.38. The van der Waals surface area contributed by atoms with E-state index >= 15 is 0 Å². The van der Waals surface area contributed by atoms with Crippen LogP contribution in [-0.4, -0.2) is 4.57 Å². The molecule has 2 nitrogen and oxygen atoms in total. The number of hydrogen-bond donors (Lipinski definition) is 0. The number of nitrogens with zero attached hydrogens (tertiary/aromatic N) is 2. The molecule has 0 N–H and O–H groups in total. The van der Waals surface area contributed by atoms with Gasteiger partial charge >= 0.3 is 0 Å². The molecule has 0 saturated carbocycles. The topological polar surface area (TPSA) is 8.81 Å². The Hall–Kier alpha value is -4.47. The average Bonchev–Trinajstić information content (AvgIpc) is 3.49. The third kappa shape index (κ3) is 2.97. The van der Waals surface area contributed by atoms with E-state index in [4.69, 9.17) is 0 Å². The normalized spacial score (nSPS) is 11.9. The van der Waals surface area contributed by atoms with Crippen molar-refractivity contribution >= 4 is 64.1 Å². The van der Waals surface area contributed by atoms with E-state index in [0.717, 1.165) is 0 Å². The first kappa shape index (κ1) is 21.6. The van der Waals surface area contributed by atoms with Crippen molar-refractivity contribution in [1.82, 2.24) is 4.57 Å². The Balaban J connectivity index is 1.48. The molecule has 180 valence electrons. The van der Waals surface area contributed by atoms with Crippen LogP contribution in [0.5, 0.6) is 0 Å². The van der Waals surface area contributed by atoms with Gasteiger partial charge in [0.2, 0.25) is 5.69 Å². The maximum Gasteiger partial charge on any atom is 0.230 e. The number of fused-ring (bicyclic) bond motifs is 7. The molecular formula is C35H25N2S+. The fourth-order valence-electron chi connectivity index (χ4n) is 6.17. The molecule has 0 amide bonds. The monoisotopic (exact) mass is 505 g/mol. The van der Waals surface area contributed by atoms with Gasteiger partial charge in [0, 0.05) is 27.6 Å². The summed E-state index contributed by atoms with van der Waals surface area (Å²) >= 11 is 1.91. The van der Waals surface area contributed by atoms with Gasteiger partial charge in [0.05, 0.1) is 27.0 Å². The Morgan fingerprint density at radius 1 is 0.605 bits per heavy atom. The number of benzene rings is 5. The Bertz CT molecular complexity index is 2160. The lowest BCUT2D eigenvalue weighted by Gasteiger charge is -2.09. The number of aromatic nitrogens is 2. The van der Waals surface area contributed by atoms with Crippen LogP contribution in [0.4, 0.5) is 0 Å². The predicted molar refractivity (Wildman–Crippen MR) is 163 cm³/mol. The van der Waals surface area contributed by atoms with Crippen molar-refractivity contribution in [2.75, 3.05) is 0 Å². The molecular weight excluding hydrogens is 480 g/mol. The molecule has 0 aliphatic heterocycles. The molecule has 0 unspecified atom stereocenters. The first-order valence-electron chi connectivity index (χ1n) is 13.0. The van der Waals surface area contributed by atoms with Crippen molar-refractivity contribution in [2.45, 2.75) is 6.92 Å². The minimum atomic E-state index is 1.24. The Labute approximate surface area is 224 Å². The molecule has 5 aromatic carbocycles. The minimum absolute atomic E-state index is 1.24. The van der Waals surface area contributed by atoms with E-state index in [2.05, 4.69) is 138 Å². The summed E-state index contributed by atoms with van der Waals surface area (Å²) in [6, 6.07) is 39.9. The van der Waals surface area contributed by atoms with Crippen LogP contribution in [0.2, 0.25) is 0 Å². The first-order valence-corrected chi connectivity index (χ1v) is 13.8. The van der Waals surface area contributed by atoms with Gasteiger partial charge in [-0.05, 0) is 47.5 Å². The Kier molecular flexibility index (Phi) is 4.55. The highest BCUT2D eigenvalue weighted by molar-refractivity contribution is 7.26. The van der Waals surface area contributed by atoms with Gasteiger partial charge in [0.15, 0.2) is 6.20 Å². The van der Waals surface area contributed by atoms with Crippen LogP contribution in [-0.2, 0) is 7.05 Å². The highest BCUT2D eigenvalue weighted by Gasteiger charge is 2.23. The number of para-hydroxylation sites is 2. The van der Waals surface area contributed by atoms with Gasteiger partial charge in [-0.1, -0.05) is 78.9 Å². The van der Waals surface area contributed by atoms with Crippen LogP contribution < -0.4 is 4.57 Å². The molecule has 0 spiro atoms. The average molecular weight is 506 g/mol. The number of pyridine rings is 1. The van der Waals surface area contributed by atoms with Gasteiger partial charge in [-0.15, -0.1) is 11.3 Å². The molecule has 0 aliphatic rings. The fourth-order valence-corrected chi connectivity index (χ4v) is 7.56. The van der Waals surface area contributed by atoms with Crippen molar-refractivity contribution in [3.63, 3.8) is 0 Å². The van der Waals surface area contributed by atoms with Crippen molar-refractivity contribution < 1.29 is 4.57 Å². The van der Waals surface area contributed by atoms with Crippen LogP contribution in [0.15, 0.2) is 115 Å². The Morgan fingerprint density at radius 2 is 1.21 bits per heavy atom. The Morgan fingerprint density at radius 3 is 1.95 bits per heavy atom. The molecule has 3 aromatic heterocycles. The van der Waals surface area contributed by atoms with Gasteiger partial charge in [-0.3, -0.25) is 0 Å². The second kappa shape index (κ2) is 8.01. The smallest absolute Gasteiger partial charge is 0.230 e. The molecule has 3 heteroatoms. The van der Waals surface area contributed by atoms with Gasteiger partial charge in [-0.2, -0.15) is 4.57 Å². The lowest BCUT2D eigenvalue weighted by atomic mass is 9.98. The van der Waals surface area contributed by atoms with Crippen LogP contribution in [0.1, 0.15) is 5.56 Å². The van der Waals surface area contributed by atoms with E-state index in [9.17, 15) is 0 Å². The molecule has 0 atom stereocenters. The van der Waals surface area contributed by atoms with Gasteiger partial charge in [-0.25, -0.2) is 0 Å². The third-order valence-electron chi connectivity index (χ3n) is 7.93. The second-order valence-electron chi connectivity index (χ2n) is 10.2. The number of rotatable bonds is 2. The summed E-state index contributed by atoms with van der Waals surface area (Å²) in [6.07, 6.45) is 2.21. The van der Waals surface area contributed by atoms with Crippen molar-refractivity contribution in [3.8, 4) is 16.9 Å². The van der Waals surface area contributed by atoms with E-state index in [1.807, 2.05) is 11.3 Å². The molecule has 38 heavy (non-hydrogen) atoms. The highest BCUT2D eigenvalue weighted by atomic mass is 32.1. The lowest BCUT2D eigenvalue weighted by Crippen LogP contribution is -2.30. The van der Waals surface area contributed by atoms with Gasteiger partial charge < -0.3 is 4.57 Å². The van der Waals surface area contributed by atoms with Crippen molar-refractivity contribution in [3.05, 3.63) is 121 Å². The molecule has 8 aromatic rings. The second-order valence-corrected chi connectivity index (χ2v) is 11.2. The van der Waals surface area contributed by atoms with Crippen LogP contribution in [0.25, 0.3) is 69.7 Å². The molecule has 8 rings (SSSR count). The van der Waals surface area contributed by atoms with Crippen LogP contribution in [0, 0.1) is 6.92 Å². The maximum absolute atomic E-state index is 2.45. The summed E-state index contributed by atoms with van der Waals surface area (Å²) in [4.78, 5) is 0. The van der Waals surface area contributed by atoms with Crippen molar-refractivity contribution in [1.29, 1.82) is 0 Å². The summed E-state index contributed by atoms with van der Waals surface area (Å²) in [5.41, 5.74) is 7.60. The van der Waals surface area contributed by atoms with E-state index in [-0.39, 0.29) is 0 Å². The molecule has 0 saturated heterocycles. The summed E-state index contributed by atoms with van der Waals surface area (Å²) in [6.45, 7) is 2.23. The van der Waals surface area contributed by atoms with E-state index < -0.39 is 0 Å². The zero-order valence-electron chi connectivity index (χ0n) is 21.3. The third-order valence-corrected chi connectivity index (χ3v) is 9.19. The molecule has 0 fully saturated rings. The highest BCUT2D eigenvalue weighted by Crippen LogP contribution is 2.43. The van der Waals surface area contributed by atoms with Gasteiger partial charge in [0.1, 0.15) is 11.7 Å². The zero-order chi connectivity index (χ0) is 25.4. The standard InChI is InChI=1S/C35H25N2S/c1-22-20-23-10-3-4-11-24(23)21-29(22)33-35-28(18-19-36(33)2)27-14-9-17-32(34(27)38-35)37-30-15-7-5-12-25(30)26-13-6-8-16-31(26)37/h3-21H,1-2H3/q+1. The SMILES string of the molecule is Cc1cc2ccccc2cc1-c1c2sc3c(-n4c5ccccc5c5ccccc54)cccc3c2cc[n+]1C. The van der Waals surface area contributed by atoms with Crippen molar-refractivity contribution in [2.24, 2.45) is 7.05 Å².